The molecule has 0 aliphatic rings. The molecule has 0 bridgehead atoms. The van der Waals surface area contributed by atoms with E-state index in [0.717, 1.165) is 0 Å². The van der Waals surface area contributed by atoms with E-state index < -0.39 is 0 Å². The molecule has 0 atom stereocenters. The van der Waals surface area contributed by atoms with Crippen molar-refractivity contribution in [3.8, 4) is 5.75 Å². The van der Waals surface area contributed by atoms with Crippen LogP contribution in [-0.4, -0.2) is 16.6 Å². The molecule has 0 unspecified atom stereocenters. The van der Waals surface area contributed by atoms with E-state index in [1.807, 2.05) is 20.8 Å². The lowest BCUT2D eigenvalue weighted by molar-refractivity contribution is -0.684. The van der Waals surface area contributed by atoms with Crippen molar-refractivity contribution in [2.75, 3.05) is 0 Å². The van der Waals surface area contributed by atoms with Gasteiger partial charge in [0, 0.05) is 11.6 Å². The van der Waals surface area contributed by atoms with E-state index in [1.165, 1.54) is 6.20 Å². The number of hydrogen-bond donors (Lipinski definition) is 2. The third kappa shape index (κ3) is 4.44. The summed E-state index contributed by atoms with van der Waals surface area (Å²) >= 11 is 0. The van der Waals surface area contributed by atoms with Crippen LogP contribution in [0.25, 0.3) is 0 Å². The second-order valence-corrected chi connectivity index (χ2v) is 4.53. The maximum Gasteiger partial charge on any atom is 0.286 e. The van der Waals surface area contributed by atoms with E-state index in [2.05, 4.69) is 5.32 Å². The summed E-state index contributed by atoms with van der Waals surface area (Å²) in [5.74, 6) is 0.0826. The normalized spacial score (nSPS) is 11.1. The second kappa shape index (κ2) is 4.29. The minimum atomic E-state index is -0.228. The van der Waals surface area contributed by atoms with Crippen molar-refractivity contribution in [1.29, 1.82) is 0 Å². The van der Waals surface area contributed by atoms with Crippen molar-refractivity contribution in [3.05, 3.63) is 24.5 Å². The lowest BCUT2D eigenvalue weighted by Crippen LogP contribution is -2.48. The molecule has 0 saturated carbocycles. The molecule has 0 aliphatic heterocycles. The molecule has 0 aliphatic carbocycles. The van der Waals surface area contributed by atoms with Gasteiger partial charge in [-0.3, -0.25) is 4.79 Å². The first kappa shape index (κ1) is 11.5. The molecule has 1 aromatic heterocycles. The first-order chi connectivity index (χ1) is 6.87. The Morgan fingerprint density at radius 2 is 2.20 bits per heavy atom. The number of carbonyl (C=O) groups is 1. The molecule has 1 heterocycles. The predicted molar refractivity (Wildman–Crippen MR) is 56.2 cm³/mol. The summed E-state index contributed by atoms with van der Waals surface area (Å²) in [5.41, 5.74) is -0.228. The Labute approximate surface area is 89.6 Å². The monoisotopic (exact) mass is 209 g/mol. The second-order valence-electron chi connectivity index (χ2n) is 4.53. The number of hydrogen-bond acceptors (Lipinski definition) is 2. The number of nitrogens with one attached hydrogen (secondary N) is 1. The van der Waals surface area contributed by atoms with E-state index in [4.69, 9.17) is 0 Å². The van der Waals surface area contributed by atoms with Crippen LogP contribution >= 0.6 is 0 Å². The summed E-state index contributed by atoms with van der Waals surface area (Å²) < 4.78 is 1.64. The highest BCUT2D eigenvalue weighted by molar-refractivity contribution is 5.75. The van der Waals surface area contributed by atoms with Crippen LogP contribution in [0, 0.1) is 0 Å². The predicted octanol–water partition coefficient (Wildman–Crippen LogP) is 0.594. The molecule has 0 radical (unpaired) electrons. The number of aromatic hydroxyl groups is 1. The highest BCUT2D eigenvalue weighted by Gasteiger charge is 2.16. The highest BCUT2D eigenvalue weighted by atomic mass is 16.3. The molecular formula is C11H17N2O2+. The molecule has 4 heteroatoms. The summed E-state index contributed by atoms with van der Waals surface area (Å²) in [6.45, 7) is 6.00. The van der Waals surface area contributed by atoms with Gasteiger partial charge in [-0.15, -0.1) is 0 Å². The molecule has 15 heavy (non-hydrogen) atoms. The third-order valence-electron chi connectivity index (χ3n) is 1.68. The molecule has 1 rings (SSSR count). The highest BCUT2D eigenvalue weighted by Crippen LogP contribution is 2.01. The van der Waals surface area contributed by atoms with Crippen molar-refractivity contribution < 1.29 is 14.5 Å². The van der Waals surface area contributed by atoms with Crippen LogP contribution in [0.5, 0.6) is 5.75 Å². The number of aromatic nitrogens is 1. The fourth-order valence-corrected chi connectivity index (χ4v) is 1.23. The number of amides is 1. The van der Waals surface area contributed by atoms with E-state index in [-0.39, 0.29) is 23.7 Å². The van der Waals surface area contributed by atoms with Gasteiger partial charge in [-0.1, -0.05) is 0 Å². The molecule has 0 fully saturated rings. The van der Waals surface area contributed by atoms with Gasteiger partial charge in [0.05, 0.1) is 0 Å². The Morgan fingerprint density at radius 1 is 1.53 bits per heavy atom. The van der Waals surface area contributed by atoms with Crippen LogP contribution in [0.3, 0.4) is 0 Å². The number of carbonyl (C=O) groups excluding carboxylic acids is 1. The SMILES string of the molecule is CC(C)(C)NC(=O)C[n+]1cccc(O)c1. The molecule has 82 valence electrons. The summed E-state index contributed by atoms with van der Waals surface area (Å²) in [5, 5.41) is 12.1. The number of nitrogens with zero attached hydrogens (tertiary/aromatic N) is 1. The standard InChI is InChI=1S/C11H16N2O2/c1-11(2,3)12-10(15)8-13-6-4-5-9(14)7-13/h4-7H,8H2,1-3H3,(H-,12,14,15)/p+1. The van der Waals surface area contributed by atoms with Gasteiger partial charge >= 0.3 is 0 Å². The van der Waals surface area contributed by atoms with Gasteiger partial charge in [-0.25, -0.2) is 0 Å². The van der Waals surface area contributed by atoms with Crippen molar-refractivity contribution in [1.82, 2.24) is 5.32 Å². The average Bonchev–Trinajstić information content (AvgIpc) is 1.99. The Hall–Kier alpha value is -1.58. The number of pyridine rings is 1. The van der Waals surface area contributed by atoms with Crippen molar-refractivity contribution >= 4 is 5.91 Å². The zero-order chi connectivity index (χ0) is 11.5. The van der Waals surface area contributed by atoms with Crippen LogP contribution in [0.4, 0.5) is 0 Å². The molecule has 1 amide bonds. The lowest BCUT2D eigenvalue weighted by Gasteiger charge is -2.19. The van der Waals surface area contributed by atoms with Crippen LogP contribution in [0.15, 0.2) is 24.5 Å². The van der Waals surface area contributed by atoms with Gasteiger partial charge in [-0.2, -0.15) is 4.57 Å². The summed E-state index contributed by atoms with van der Waals surface area (Å²) in [6, 6.07) is 3.26. The summed E-state index contributed by atoms with van der Waals surface area (Å²) in [7, 11) is 0. The topological polar surface area (TPSA) is 53.2 Å². The minimum Gasteiger partial charge on any atom is -0.503 e. The van der Waals surface area contributed by atoms with E-state index in [0.29, 0.717) is 0 Å². The van der Waals surface area contributed by atoms with Gasteiger partial charge < -0.3 is 10.4 Å². The largest absolute Gasteiger partial charge is 0.503 e. The van der Waals surface area contributed by atoms with E-state index in [9.17, 15) is 9.90 Å². The minimum absolute atomic E-state index is 0.0712. The van der Waals surface area contributed by atoms with Crippen LogP contribution in [-0.2, 0) is 11.3 Å². The van der Waals surface area contributed by atoms with Gasteiger partial charge in [-0.05, 0) is 26.8 Å². The fourth-order valence-electron chi connectivity index (χ4n) is 1.23. The zero-order valence-corrected chi connectivity index (χ0v) is 9.32. The first-order valence-electron chi connectivity index (χ1n) is 4.86. The maximum atomic E-state index is 11.5. The first-order valence-corrected chi connectivity index (χ1v) is 4.86. The number of rotatable bonds is 2. The molecule has 0 saturated heterocycles. The maximum absolute atomic E-state index is 11.5. The summed E-state index contributed by atoms with van der Waals surface area (Å²) in [6.07, 6.45) is 3.25. The summed E-state index contributed by atoms with van der Waals surface area (Å²) in [4.78, 5) is 11.5. The molecule has 1 aromatic rings. The van der Waals surface area contributed by atoms with Crippen LogP contribution in [0.2, 0.25) is 0 Å². The zero-order valence-electron chi connectivity index (χ0n) is 9.32. The van der Waals surface area contributed by atoms with Crippen LogP contribution in [0.1, 0.15) is 20.8 Å². The lowest BCUT2D eigenvalue weighted by atomic mass is 10.1. The van der Waals surface area contributed by atoms with E-state index >= 15 is 0 Å². The van der Waals surface area contributed by atoms with Crippen molar-refractivity contribution in [3.63, 3.8) is 0 Å². The fraction of sp³-hybridized carbons (Fsp3) is 0.455. The van der Waals surface area contributed by atoms with Gasteiger partial charge in [0.25, 0.3) is 5.91 Å². The van der Waals surface area contributed by atoms with Gasteiger partial charge in [0.2, 0.25) is 12.7 Å². The van der Waals surface area contributed by atoms with Gasteiger partial charge in [0.1, 0.15) is 0 Å². The third-order valence-corrected chi connectivity index (χ3v) is 1.68. The quantitative estimate of drug-likeness (QED) is 0.701. The van der Waals surface area contributed by atoms with Crippen LogP contribution < -0.4 is 9.88 Å². The smallest absolute Gasteiger partial charge is 0.286 e. The Balaban J connectivity index is 2.59. The molecule has 4 nitrogen and oxygen atoms in total. The molecule has 0 aromatic carbocycles. The van der Waals surface area contributed by atoms with Crippen molar-refractivity contribution in [2.24, 2.45) is 0 Å². The molecule has 2 N–H and O–H groups in total. The Kier molecular flexibility index (Phi) is 3.29. The average molecular weight is 209 g/mol. The van der Waals surface area contributed by atoms with E-state index in [1.54, 1.807) is 22.9 Å². The molecule has 0 spiro atoms. The Bertz CT molecular complexity index is 356. The van der Waals surface area contributed by atoms with Crippen molar-refractivity contribution in [2.45, 2.75) is 32.9 Å². The van der Waals surface area contributed by atoms with Gasteiger partial charge in [0.15, 0.2) is 11.9 Å². The Morgan fingerprint density at radius 3 is 2.73 bits per heavy atom. The molecular weight excluding hydrogens is 192 g/mol.